The number of hydrogen-bond donors (Lipinski definition) is 0. The fourth-order valence-electron chi connectivity index (χ4n) is 1.05. The summed E-state index contributed by atoms with van der Waals surface area (Å²) in [6.45, 7) is 3.50. The van der Waals surface area contributed by atoms with Gasteiger partial charge in [0.25, 0.3) is 5.69 Å². The highest BCUT2D eigenvalue weighted by Crippen LogP contribution is 2.19. The summed E-state index contributed by atoms with van der Waals surface area (Å²) in [5.74, 6) is -0.601. The predicted octanol–water partition coefficient (Wildman–Crippen LogP) is 1.78. The molecule has 0 unspecified atom stereocenters. The summed E-state index contributed by atoms with van der Waals surface area (Å²) in [5.41, 5.74) is 0.398. The number of methoxy groups -OCH3 is 1. The van der Waals surface area contributed by atoms with E-state index >= 15 is 0 Å². The van der Waals surface area contributed by atoms with E-state index in [1.807, 2.05) is 0 Å². The first-order valence-electron chi connectivity index (χ1n) is 4.08. The van der Waals surface area contributed by atoms with Crippen molar-refractivity contribution < 1.29 is 14.5 Å². The second-order valence-electron chi connectivity index (χ2n) is 2.78. The topological polar surface area (TPSA) is 69.4 Å². The molecule has 0 aromatic heterocycles. The maximum atomic E-state index is 11.1. The van der Waals surface area contributed by atoms with E-state index in [0.29, 0.717) is 5.56 Å². The molecule has 0 atom stereocenters. The molecule has 0 saturated carbocycles. The molecule has 78 valence electrons. The van der Waals surface area contributed by atoms with E-state index in [-0.39, 0.29) is 11.3 Å². The Morgan fingerprint density at radius 2 is 2.20 bits per heavy atom. The molecule has 1 aromatic rings. The molecular formula is C10H9NO4. The fraction of sp³-hybridized carbons (Fsp3) is 0.100. The zero-order valence-electron chi connectivity index (χ0n) is 8.10. The van der Waals surface area contributed by atoms with Crippen molar-refractivity contribution in [2.24, 2.45) is 0 Å². The second kappa shape index (κ2) is 4.36. The fourth-order valence-corrected chi connectivity index (χ4v) is 1.05. The van der Waals surface area contributed by atoms with Gasteiger partial charge in [0.1, 0.15) is 0 Å². The van der Waals surface area contributed by atoms with Crippen LogP contribution in [0.2, 0.25) is 0 Å². The standard InChI is InChI=1S/C10H9NO4/c1-7(10(12)15-2)8-4-3-5-9(6-8)11(13)14/h3-6H,1H2,2H3. The van der Waals surface area contributed by atoms with E-state index < -0.39 is 10.9 Å². The van der Waals surface area contributed by atoms with E-state index in [0.717, 1.165) is 0 Å². The number of hydrogen-bond acceptors (Lipinski definition) is 4. The summed E-state index contributed by atoms with van der Waals surface area (Å²) in [6, 6.07) is 5.67. The average Bonchev–Trinajstić information content (AvgIpc) is 2.27. The molecule has 0 aliphatic rings. The van der Waals surface area contributed by atoms with Gasteiger partial charge >= 0.3 is 5.97 Å². The monoisotopic (exact) mass is 207 g/mol. The van der Waals surface area contributed by atoms with Crippen molar-refractivity contribution in [3.63, 3.8) is 0 Å². The van der Waals surface area contributed by atoms with Crippen LogP contribution in [0.3, 0.4) is 0 Å². The Bertz CT molecular complexity index is 425. The molecular weight excluding hydrogens is 198 g/mol. The first kappa shape index (κ1) is 10.9. The number of ether oxygens (including phenoxy) is 1. The number of nitro groups is 1. The van der Waals surface area contributed by atoms with Gasteiger partial charge in [0.15, 0.2) is 0 Å². The van der Waals surface area contributed by atoms with Gasteiger partial charge in [-0.3, -0.25) is 10.1 Å². The molecule has 5 nitrogen and oxygen atoms in total. The van der Waals surface area contributed by atoms with Crippen molar-refractivity contribution >= 4 is 17.2 Å². The van der Waals surface area contributed by atoms with E-state index in [1.54, 1.807) is 6.07 Å². The molecule has 1 rings (SSSR count). The van der Waals surface area contributed by atoms with Crippen molar-refractivity contribution in [2.75, 3.05) is 7.11 Å². The number of nitro benzene ring substituents is 1. The molecule has 0 aliphatic heterocycles. The van der Waals surface area contributed by atoms with Crippen LogP contribution in [-0.2, 0) is 9.53 Å². The van der Waals surface area contributed by atoms with Gasteiger partial charge in [-0.15, -0.1) is 0 Å². The first-order chi connectivity index (χ1) is 7.06. The minimum Gasteiger partial charge on any atom is -0.465 e. The molecule has 0 bridgehead atoms. The number of non-ortho nitro benzene ring substituents is 1. The zero-order chi connectivity index (χ0) is 11.4. The van der Waals surface area contributed by atoms with Crippen molar-refractivity contribution in [2.45, 2.75) is 0 Å². The smallest absolute Gasteiger partial charge is 0.337 e. The molecule has 0 amide bonds. The van der Waals surface area contributed by atoms with E-state index in [2.05, 4.69) is 11.3 Å². The van der Waals surface area contributed by atoms with Gasteiger partial charge in [-0.25, -0.2) is 4.79 Å². The van der Waals surface area contributed by atoms with Crippen molar-refractivity contribution in [1.82, 2.24) is 0 Å². The Balaban J connectivity index is 3.05. The Labute approximate surface area is 86.1 Å². The predicted molar refractivity (Wildman–Crippen MR) is 54.1 cm³/mol. The molecule has 5 heteroatoms. The van der Waals surface area contributed by atoms with E-state index in [1.165, 1.54) is 25.3 Å². The van der Waals surface area contributed by atoms with Crippen LogP contribution in [0, 0.1) is 10.1 Å². The summed E-state index contributed by atoms with van der Waals surface area (Å²) < 4.78 is 4.46. The summed E-state index contributed by atoms with van der Waals surface area (Å²) in [7, 11) is 1.23. The third kappa shape index (κ3) is 2.40. The molecule has 0 fully saturated rings. The van der Waals surface area contributed by atoms with Gasteiger partial charge in [0, 0.05) is 12.1 Å². The molecule has 15 heavy (non-hydrogen) atoms. The Hall–Kier alpha value is -2.17. The van der Waals surface area contributed by atoms with Gasteiger partial charge < -0.3 is 4.74 Å². The van der Waals surface area contributed by atoms with Crippen LogP contribution in [0.25, 0.3) is 5.57 Å². The van der Waals surface area contributed by atoms with Gasteiger partial charge in [-0.2, -0.15) is 0 Å². The lowest BCUT2D eigenvalue weighted by molar-refractivity contribution is -0.384. The van der Waals surface area contributed by atoms with Crippen LogP contribution >= 0.6 is 0 Å². The Kier molecular flexibility index (Phi) is 3.17. The van der Waals surface area contributed by atoms with Gasteiger partial charge in [0.2, 0.25) is 0 Å². The zero-order valence-corrected chi connectivity index (χ0v) is 8.10. The Morgan fingerprint density at radius 1 is 1.53 bits per heavy atom. The van der Waals surface area contributed by atoms with Gasteiger partial charge in [-0.05, 0) is 5.56 Å². The minimum atomic E-state index is -0.601. The summed E-state index contributed by atoms with van der Waals surface area (Å²) >= 11 is 0. The van der Waals surface area contributed by atoms with Gasteiger partial charge in [-0.1, -0.05) is 18.7 Å². The third-order valence-electron chi connectivity index (χ3n) is 1.84. The summed E-state index contributed by atoms with van der Waals surface area (Å²) in [4.78, 5) is 21.0. The van der Waals surface area contributed by atoms with Crippen molar-refractivity contribution in [1.29, 1.82) is 0 Å². The highest BCUT2D eigenvalue weighted by molar-refractivity contribution is 6.15. The van der Waals surface area contributed by atoms with Crippen LogP contribution in [0.1, 0.15) is 5.56 Å². The number of nitrogens with zero attached hydrogens (tertiary/aromatic N) is 1. The number of rotatable bonds is 3. The molecule has 0 N–H and O–H groups in total. The molecule has 0 radical (unpaired) electrons. The van der Waals surface area contributed by atoms with Crippen molar-refractivity contribution in [3.8, 4) is 0 Å². The number of benzene rings is 1. The van der Waals surface area contributed by atoms with Gasteiger partial charge in [0.05, 0.1) is 17.6 Å². The van der Waals surface area contributed by atoms with Crippen LogP contribution in [-0.4, -0.2) is 18.0 Å². The van der Waals surface area contributed by atoms with Crippen LogP contribution in [0.15, 0.2) is 30.8 Å². The summed E-state index contributed by atoms with van der Waals surface area (Å²) in [5, 5.41) is 10.5. The lowest BCUT2D eigenvalue weighted by atomic mass is 10.1. The van der Waals surface area contributed by atoms with E-state index in [4.69, 9.17) is 0 Å². The molecule has 0 saturated heterocycles. The third-order valence-corrected chi connectivity index (χ3v) is 1.84. The number of esters is 1. The average molecular weight is 207 g/mol. The highest BCUT2D eigenvalue weighted by Gasteiger charge is 2.12. The summed E-state index contributed by atoms with van der Waals surface area (Å²) in [6.07, 6.45) is 0. The van der Waals surface area contributed by atoms with Crippen LogP contribution in [0.4, 0.5) is 5.69 Å². The lowest BCUT2D eigenvalue weighted by Crippen LogP contribution is -2.02. The molecule has 1 aromatic carbocycles. The molecule has 0 aliphatic carbocycles. The highest BCUT2D eigenvalue weighted by atomic mass is 16.6. The number of carbonyl (C=O) groups excluding carboxylic acids is 1. The maximum Gasteiger partial charge on any atom is 0.337 e. The quantitative estimate of drug-likeness (QED) is 0.328. The van der Waals surface area contributed by atoms with Crippen LogP contribution in [0.5, 0.6) is 0 Å². The second-order valence-corrected chi connectivity index (χ2v) is 2.78. The van der Waals surface area contributed by atoms with E-state index in [9.17, 15) is 14.9 Å². The minimum absolute atomic E-state index is 0.0856. The molecule has 0 heterocycles. The number of carbonyl (C=O) groups is 1. The first-order valence-corrected chi connectivity index (χ1v) is 4.08. The van der Waals surface area contributed by atoms with Crippen LogP contribution < -0.4 is 0 Å². The largest absolute Gasteiger partial charge is 0.465 e. The SMILES string of the molecule is C=C(C(=O)OC)c1cccc([N+](=O)[O-])c1. The van der Waals surface area contributed by atoms with Crippen molar-refractivity contribution in [3.05, 3.63) is 46.5 Å². The Morgan fingerprint density at radius 3 is 2.73 bits per heavy atom. The lowest BCUT2D eigenvalue weighted by Gasteiger charge is -2.02. The normalized spacial score (nSPS) is 9.40. The maximum absolute atomic E-state index is 11.1. The molecule has 0 spiro atoms.